The zero-order valence-electron chi connectivity index (χ0n) is 12.4. The van der Waals surface area contributed by atoms with Crippen LogP contribution in [0.2, 0.25) is 0 Å². The van der Waals surface area contributed by atoms with Crippen molar-refractivity contribution in [3.05, 3.63) is 36.3 Å². The molecule has 5 nitrogen and oxygen atoms in total. The van der Waals surface area contributed by atoms with Gasteiger partial charge in [-0.3, -0.25) is 14.6 Å². The maximum atomic E-state index is 9.22. The molecule has 0 amide bonds. The van der Waals surface area contributed by atoms with E-state index in [1.165, 1.54) is 5.56 Å². The van der Waals surface area contributed by atoms with Crippen molar-refractivity contribution >= 4 is 0 Å². The molecule has 0 unspecified atom stereocenters. The molecule has 1 fully saturated rings. The van der Waals surface area contributed by atoms with Crippen molar-refractivity contribution < 1.29 is 5.11 Å². The number of aliphatic hydroxyl groups excluding tert-OH is 1. The third-order valence-corrected chi connectivity index (χ3v) is 4.20. The van der Waals surface area contributed by atoms with Gasteiger partial charge < -0.3 is 5.11 Å². The molecule has 1 aliphatic rings. The summed E-state index contributed by atoms with van der Waals surface area (Å²) < 4.78 is 1.87. The first kappa shape index (κ1) is 14.2. The highest BCUT2D eigenvalue weighted by Gasteiger charge is 2.20. The minimum absolute atomic E-state index is 0.321. The van der Waals surface area contributed by atoms with E-state index in [1.54, 1.807) is 6.20 Å². The molecule has 2 aromatic rings. The summed E-state index contributed by atoms with van der Waals surface area (Å²) in [5, 5.41) is 13.8. The minimum atomic E-state index is 0.321. The highest BCUT2D eigenvalue weighted by molar-refractivity contribution is 5.61. The third kappa shape index (κ3) is 3.31. The number of aliphatic hydroxyl groups is 1. The molecule has 0 bridgehead atoms. The molecule has 0 saturated carbocycles. The van der Waals surface area contributed by atoms with Crippen LogP contribution in [-0.2, 0) is 13.6 Å². The lowest BCUT2D eigenvalue weighted by Crippen LogP contribution is -2.34. The standard InChI is InChI=1S/C16H22N4O/c1-19-10-15(11-20-7-4-13(12-21)5-8-20)16(18-19)14-3-2-6-17-9-14/h2-3,6,9-10,13,21H,4-5,7-8,11-12H2,1H3. The molecule has 0 spiro atoms. The van der Waals surface area contributed by atoms with E-state index in [0.717, 1.165) is 43.7 Å². The van der Waals surface area contributed by atoms with Crippen molar-refractivity contribution in [1.82, 2.24) is 19.7 Å². The number of aryl methyl sites for hydroxylation is 1. The number of hydrogen-bond donors (Lipinski definition) is 1. The smallest absolute Gasteiger partial charge is 0.0983 e. The van der Waals surface area contributed by atoms with Gasteiger partial charge in [-0.15, -0.1) is 0 Å². The predicted octanol–water partition coefficient (Wildman–Crippen LogP) is 1.69. The molecule has 2 aromatic heterocycles. The van der Waals surface area contributed by atoms with E-state index in [2.05, 4.69) is 27.2 Å². The Kier molecular flexibility index (Phi) is 4.31. The van der Waals surface area contributed by atoms with Crippen molar-refractivity contribution in [3.63, 3.8) is 0 Å². The van der Waals surface area contributed by atoms with Gasteiger partial charge in [0.25, 0.3) is 0 Å². The largest absolute Gasteiger partial charge is 0.396 e. The van der Waals surface area contributed by atoms with Gasteiger partial charge in [-0.2, -0.15) is 5.10 Å². The highest BCUT2D eigenvalue weighted by atomic mass is 16.3. The van der Waals surface area contributed by atoms with Crippen molar-refractivity contribution in [1.29, 1.82) is 0 Å². The van der Waals surface area contributed by atoms with Crippen LogP contribution in [0.5, 0.6) is 0 Å². The molecule has 0 aliphatic carbocycles. The Bertz CT molecular complexity index is 573. The second-order valence-electron chi connectivity index (χ2n) is 5.82. The van der Waals surface area contributed by atoms with E-state index >= 15 is 0 Å². The normalized spacial score (nSPS) is 17.2. The van der Waals surface area contributed by atoms with Crippen molar-refractivity contribution in [2.75, 3.05) is 19.7 Å². The number of hydrogen-bond acceptors (Lipinski definition) is 4. The summed E-state index contributed by atoms with van der Waals surface area (Å²) >= 11 is 0. The molecule has 1 N–H and O–H groups in total. The summed E-state index contributed by atoms with van der Waals surface area (Å²) in [5.41, 5.74) is 3.33. The lowest BCUT2D eigenvalue weighted by molar-refractivity contribution is 0.127. The second kappa shape index (κ2) is 6.37. The number of likely N-dealkylation sites (tertiary alicyclic amines) is 1. The number of pyridine rings is 1. The van der Waals surface area contributed by atoms with E-state index in [1.807, 2.05) is 24.0 Å². The zero-order valence-corrected chi connectivity index (χ0v) is 12.4. The maximum Gasteiger partial charge on any atom is 0.0983 e. The minimum Gasteiger partial charge on any atom is -0.396 e. The van der Waals surface area contributed by atoms with Gasteiger partial charge in [-0.1, -0.05) is 0 Å². The number of piperidine rings is 1. The molecule has 0 radical (unpaired) electrons. The van der Waals surface area contributed by atoms with Crippen LogP contribution in [0.4, 0.5) is 0 Å². The molecule has 0 atom stereocenters. The van der Waals surface area contributed by atoms with Gasteiger partial charge in [0.1, 0.15) is 0 Å². The summed E-state index contributed by atoms with van der Waals surface area (Å²) in [4.78, 5) is 6.64. The molecule has 5 heteroatoms. The summed E-state index contributed by atoms with van der Waals surface area (Å²) in [5.74, 6) is 0.480. The predicted molar refractivity (Wildman–Crippen MR) is 81.5 cm³/mol. The maximum absolute atomic E-state index is 9.22. The van der Waals surface area contributed by atoms with Gasteiger partial charge in [-0.05, 0) is 44.0 Å². The zero-order chi connectivity index (χ0) is 14.7. The van der Waals surface area contributed by atoms with Crippen LogP contribution in [0, 0.1) is 5.92 Å². The van der Waals surface area contributed by atoms with Crippen LogP contribution >= 0.6 is 0 Å². The summed E-state index contributed by atoms with van der Waals surface area (Å²) in [6, 6.07) is 4.00. The summed E-state index contributed by atoms with van der Waals surface area (Å²) in [6.45, 7) is 3.33. The number of nitrogens with zero attached hydrogens (tertiary/aromatic N) is 4. The van der Waals surface area contributed by atoms with Crippen molar-refractivity contribution in [2.45, 2.75) is 19.4 Å². The molecule has 1 saturated heterocycles. The fourth-order valence-corrected chi connectivity index (χ4v) is 2.97. The van der Waals surface area contributed by atoms with Gasteiger partial charge in [-0.25, -0.2) is 0 Å². The Morgan fingerprint density at radius 3 is 2.81 bits per heavy atom. The van der Waals surface area contributed by atoms with Crippen LogP contribution in [0.15, 0.2) is 30.7 Å². The van der Waals surface area contributed by atoms with Crippen molar-refractivity contribution in [2.24, 2.45) is 13.0 Å². The van der Waals surface area contributed by atoms with E-state index in [-0.39, 0.29) is 0 Å². The van der Waals surface area contributed by atoms with Gasteiger partial charge in [0.05, 0.1) is 5.69 Å². The van der Waals surface area contributed by atoms with E-state index in [9.17, 15) is 5.11 Å². The van der Waals surface area contributed by atoms with Crippen LogP contribution in [0.3, 0.4) is 0 Å². The quantitative estimate of drug-likeness (QED) is 0.929. The SMILES string of the molecule is Cn1cc(CN2CCC(CO)CC2)c(-c2cccnc2)n1. The molecule has 0 aromatic carbocycles. The van der Waals surface area contributed by atoms with Gasteiger partial charge in [0, 0.05) is 49.9 Å². The Morgan fingerprint density at radius 1 is 1.33 bits per heavy atom. The average Bonchev–Trinajstić information content (AvgIpc) is 2.89. The molecule has 112 valence electrons. The molecule has 3 heterocycles. The van der Waals surface area contributed by atoms with E-state index < -0.39 is 0 Å². The topological polar surface area (TPSA) is 54.2 Å². The van der Waals surface area contributed by atoms with E-state index in [0.29, 0.717) is 12.5 Å². The first-order chi connectivity index (χ1) is 10.3. The fraction of sp³-hybridized carbons (Fsp3) is 0.500. The summed E-state index contributed by atoms with van der Waals surface area (Å²) in [7, 11) is 1.96. The monoisotopic (exact) mass is 286 g/mol. The van der Waals surface area contributed by atoms with Crippen LogP contribution in [0.25, 0.3) is 11.3 Å². The Balaban J connectivity index is 1.74. The van der Waals surface area contributed by atoms with Crippen LogP contribution < -0.4 is 0 Å². The van der Waals surface area contributed by atoms with Gasteiger partial charge >= 0.3 is 0 Å². The molecule has 1 aliphatic heterocycles. The third-order valence-electron chi connectivity index (χ3n) is 4.20. The Morgan fingerprint density at radius 2 is 2.14 bits per heavy atom. The molecule has 3 rings (SSSR count). The van der Waals surface area contributed by atoms with Crippen LogP contribution in [-0.4, -0.2) is 44.5 Å². The average molecular weight is 286 g/mol. The lowest BCUT2D eigenvalue weighted by Gasteiger charge is -2.30. The van der Waals surface area contributed by atoms with E-state index in [4.69, 9.17) is 0 Å². The number of aromatic nitrogens is 3. The second-order valence-corrected chi connectivity index (χ2v) is 5.82. The highest BCUT2D eigenvalue weighted by Crippen LogP contribution is 2.24. The lowest BCUT2D eigenvalue weighted by atomic mass is 9.97. The Hall–Kier alpha value is -1.72. The fourth-order valence-electron chi connectivity index (χ4n) is 2.97. The first-order valence-electron chi connectivity index (χ1n) is 7.52. The summed E-state index contributed by atoms with van der Waals surface area (Å²) in [6.07, 6.45) is 7.91. The van der Waals surface area contributed by atoms with Crippen molar-refractivity contribution in [3.8, 4) is 11.3 Å². The molecule has 21 heavy (non-hydrogen) atoms. The Labute approximate surface area is 125 Å². The van der Waals surface area contributed by atoms with Gasteiger partial charge in [0.15, 0.2) is 0 Å². The van der Waals surface area contributed by atoms with Crippen LogP contribution in [0.1, 0.15) is 18.4 Å². The van der Waals surface area contributed by atoms with Gasteiger partial charge in [0.2, 0.25) is 0 Å². The molecular weight excluding hydrogens is 264 g/mol. The number of rotatable bonds is 4. The molecular formula is C16H22N4O. The first-order valence-corrected chi connectivity index (χ1v) is 7.52.